The summed E-state index contributed by atoms with van der Waals surface area (Å²) in [7, 11) is -1.92. The van der Waals surface area contributed by atoms with E-state index in [4.69, 9.17) is 0 Å². The van der Waals surface area contributed by atoms with Crippen molar-refractivity contribution >= 4 is 24.1 Å². The quantitative estimate of drug-likeness (QED) is 0.810. The molecule has 2 unspecified atom stereocenters. The van der Waals surface area contributed by atoms with Gasteiger partial charge in [0.1, 0.15) is 0 Å². The number of benzene rings is 1. The molecule has 1 aromatic rings. The number of nitrogens with one attached hydrogen (secondary N) is 1. The van der Waals surface area contributed by atoms with E-state index in [-0.39, 0.29) is 5.25 Å². The number of hydrogen-bond donors (Lipinski definition) is 1. The van der Waals surface area contributed by atoms with Crippen molar-refractivity contribution < 1.29 is 4.21 Å². The fraction of sp³-hybridized carbons (Fsp3) is 0.571. The summed E-state index contributed by atoms with van der Waals surface area (Å²) in [6, 6.07) is 8.91. The molecule has 0 radical (unpaired) electrons. The van der Waals surface area contributed by atoms with E-state index in [0.29, 0.717) is 0 Å². The third kappa shape index (κ3) is 5.04. The van der Waals surface area contributed by atoms with Gasteiger partial charge in [0.15, 0.2) is 0 Å². The van der Waals surface area contributed by atoms with Crippen molar-refractivity contribution in [2.75, 3.05) is 12.8 Å². The predicted octanol–water partition coefficient (Wildman–Crippen LogP) is 2.09. The first-order valence-corrected chi connectivity index (χ1v) is 11.5. The first kappa shape index (κ1) is 15.6. The SMILES string of the molecule is CC(CNCc1ccc([Si](C)(C)C)cc1)S(C)=O. The molecule has 0 aliphatic heterocycles. The fourth-order valence-corrected chi connectivity index (χ4v) is 3.18. The summed E-state index contributed by atoms with van der Waals surface area (Å²) in [5, 5.41) is 5.07. The van der Waals surface area contributed by atoms with Crippen molar-refractivity contribution in [1.82, 2.24) is 5.32 Å². The minimum absolute atomic E-state index is 0.214. The third-order valence-corrected chi connectivity index (χ3v) is 6.51. The Bertz CT molecular complexity index is 397. The lowest BCUT2D eigenvalue weighted by atomic mass is 10.2. The van der Waals surface area contributed by atoms with Gasteiger partial charge in [-0.3, -0.25) is 4.21 Å². The Morgan fingerprint density at radius 2 is 1.78 bits per heavy atom. The van der Waals surface area contributed by atoms with Gasteiger partial charge >= 0.3 is 0 Å². The molecular formula is C14H25NOSSi. The zero-order valence-electron chi connectivity index (χ0n) is 12.1. The molecule has 0 saturated carbocycles. The van der Waals surface area contributed by atoms with Crippen LogP contribution in [-0.2, 0) is 17.3 Å². The van der Waals surface area contributed by atoms with E-state index in [1.165, 1.54) is 10.8 Å². The molecule has 102 valence electrons. The zero-order valence-corrected chi connectivity index (χ0v) is 13.9. The van der Waals surface area contributed by atoms with Crippen LogP contribution in [0.15, 0.2) is 24.3 Å². The summed E-state index contributed by atoms with van der Waals surface area (Å²) < 4.78 is 11.2. The summed E-state index contributed by atoms with van der Waals surface area (Å²) in [6.45, 7) is 10.7. The molecule has 0 aliphatic rings. The average Bonchev–Trinajstić information content (AvgIpc) is 2.28. The number of rotatable bonds is 6. The Balaban J connectivity index is 2.47. The van der Waals surface area contributed by atoms with E-state index in [1.807, 2.05) is 6.92 Å². The van der Waals surface area contributed by atoms with Crippen molar-refractivity contribution in [2.45, 2.75) is 38.4 Å². The van der Waals surface area contributed by atoms with Crippen molar-refractivity contribution in [1.29, 1.82) is 0 Å². The molecule has 2 nitrogen and oxygen atoms in total. The van der Waals surface area contributed by atoms with Crippen LogP contribution >= 0.6 is 0 Å². The lowest BCUT2D eigenvalue weighted by molar-refractivity contribution is 0.647. The highest BCUT2D eigenvalue weighted by atomic mass is 32.2. The summed E-state index contributed by atoms with van der Waals surface area (Å²) in [4.78, 5) is 0. The second-order valence-corrected chi connectivity index (χ2v) is 12.8. The van der Waals surface area contributed by atoms with Crippen molar-refractivity contribution in [3.63, 3.8) is 0 Å². The van der Waals surface area contributed by atoms with Crippen molar-refractivity contribution in [3.05, 3.63) is 29.8 Å². The topological polar surface area (TPSA) is 29.1 Å². The molecule has 1 rings (SSSR count). The largest absolute Gasteiger partial charge is 0.311 e. The first-order valence-electron chi connectivity index (χ1n) is 6.43. The normalized spacial score (nSPS) is 15.4. The van der Waals surface area contributed by atoms with Gasteiger partial charge in [-0.25, -0.2) is 0 Å². The van der Waals surface area contributed by atoms with Gasteiger partial charge in [-0.05, 0) is 12.5 Å². The lowest BCUT2D eigenvalue weighted by Gasteiger charge is -2.17. The second-order valence-electron chi connectivity index (χ2n) is 5.89. The highest BCUT2D eigenvalue weighted by Gasteiger charge is 2.15. The van der Waals surface area contributed by atoms with Gasteiger partial charge in [0.25, 0.3) is 0 Å². The van der Waals surface area contributed by atoms with Crippen molar-refractivity contribution in [2.24, 2.45) is 0 Å². The van der Waals surface area contributed by atoms with Crippen LogP contribution in [0, 0.1) is 0 Å². The first-order chi connectivity index (χ1) is 8.30. The average molecular weight is 284 g/mol. The fourth-order valence-electron chi connectivity index (χ4n) is 1.66. The summed E-state index contributed by atoms with van der Waals surface area (Å²) in [6.07, 6.45) is 1.76. The van der Waals surface area contributed by atoms with Crippen LogP contribution in [-0.4, -0.2) is 30.3 Å². The molecule has 1 N–H and O–H groups in total. The van der Waals surface area contributed by atoms with E-state index in [9.17, 15) is 4.21 Å². The maximum atomic E-state index is 11.2. The van der Waals surface area contributed by atoms with E-state index in [0.717, 1.165) is 13.1 Å². The Labute approximate surface area is 115 Å². The van der Waals surface area contributed by atoms with Gasteiger partial charge in [0, 0.05) is 35.4 Å². The van der Waals surface area contributed by atoms with Crippen LogP contribution in [0.25, 0.3) is 0 Å². The Morgan fingerprint density at radius 3 is 2.22 bits per heavy atom. The molecule has 0 amide bonds. The van der Waals surface area contributed by atoms with Gasteiger partial charge in [0.2, 0.25) is 0 Å². The van der Waals surface area contributed by atoms with E-state index < -0.39 is 18.9 Å². The Kier molecular flexibility index (Phi) is 5.75. The number of hydrogen-bond acceptors (Lipinski definition) is 2. The van der Waals surface area contributed by atoms with Gasteiger partial charge in [-0.1, -0.05) is 49.1 Å². The zero-order chi connectivity index (χ0) is 13.8. The van der Waals surface area contributed by atoms with Crippen LogP contribution in [0.5, 0.6) is 0 Å². The molecule has 0 bridgehead atoms. The van der Waals surface area contributed by atoms with Crippen LogP contribution in [0.4, 0.5) is 0 Å². The van der Waals surface area contributed by atoms with Crippen molar-refractivity contribution in [3.8, 4) is 0 Å². The molecule has 0 heterocycles. The van der Waals surface area contributed by atoms with Gasteiger partial charge in [0.05, 0.1) is 8.07 Å². The molecule has 1 aromatic carbocycles. The maximum absolute atomic E-state index is 11.2. The van der Waals surface area contributed by atoms with E-state index in [2.05, 4.69) is 49.2 Å². The van der Waals surface area contributed by atoms with Crippen LogP contribution < -0.4 is 10.5 Å². The minimum Gasteiger partial charge on any atom is -0.311 e. The Hall–Kier alpha value is -0.453. The van der Waals surface area contributed by atoms with Crippen LogP contribution in [0.1, 0.15) is 12.5 Å². The molecule has 4 heteroatoms. The molecule has 0 fully saturated rings. The van der Waals surface area contributed by atoms with Gasteiger partial charge in [-0.2, -0.15) is 0 Å². The maximum Gasteiger partial charge on any atom is 0.0775 e. The van der Waals surface area contributed by atoms with Crippen LogP contribution in [0.3, 0.4) is 0 Å². The molecule has 0 aromatic heterocycles. The third-order valence-electron chi connectivity index (χ3n) is 3.15. The summed E-state index contributed by atoms with van der Waals surface area (Å²) >= 11 is 0. The smallest absolute Gasteiger partial charge is 0.0775 e. The second kappa shape index (κ2) is 6.64. The predicted molar refractivity (Wildman–Crippen MR) is 84.7 cm³/mol. The standard InChI is InChI=1S/C14H25NOSSi/c1-12(17(2)16)10-15-11-13-6-8-14(9-7-13)18(3,4)5/h6-9,12,15H,10-11H2,1-5H3. The minimum atomic E-state index is -1.18. The van der Waals surface area contributed by atoms with Gasteiger partial charge in [-0.15, -0.1) is 0 Å². The van der Waals surface area contributed by atoms with Crippen LogP contribution in [0.2, 0.25) is 19.6 Å². The monoisotopic (exact) mass is 283 g/mol. The molecule has 0 saturated heterocycles. The van der Waals surface area contributed by atoms with E-state index >= 15 is 0 Å². The van der Waals surface area contributed by atoms with E-state index in [1.54, 1.807) is 6.26 Å². The highest BCUT2D eigenvalue weighted by Crippen LogP contribution is 2.04. The highest BCUT2D eigenvalue weighted by molar-refractivity contribution is 7.84. The molecule has 0 spiro atoms. The molecule has 18 heavy (non-hydrogen) atoms. The summed E-state index contributed by atoms with van der Waals surface area (Å²) in [5.41, 5.74) is 1.30. The molecule has 2 atom stereocenters. The lowest BCUT2D eigenvalue weighted by Crippen LogP contribution is -2.37. The molecule has 0 aliphatic carbocycles. The van der Waals surface area contributed by atoms with Gasteiger partial charge < -0.3 is 5.32 Å². The Morgan fingerprint density at radius 1 is 1.22 bits per heavy atom. The summed E-state index contributed by atoms with van der Waals surface area (Å²) in [5.74, 6) is 0. The molecular weight excluding hydrogens is 258 g/mol.